The molecule has 2 fully saturated rings. The lowest BCUT2D eigenvalue weighted by Crippen LogP contribution is -2.54. The molecular weight excluding hydrogens is 483 g/mol. The molecule has 0 unspecified atom stereocenters. The molecule has 36 heavy (non-hydrogen) atoms. The van der Waals surface area contributed by atoms with Crippen LogP contribution in [0.25, 0.3) is 11.3 Å². The van der Waals surface area contributed by atoms with Crippen LogP contribution in [-0.4, -0.2) is 75.1 Å². The summed E-state index contributed by atoms with van der Waals surface area (Å²) in [6.07, 6.45) is 3.13. The van der Waals surface area contributed by atoms with E-state index in [0.29, 0.717) is 39.8 Å². The molecule has 2 aliphatic rings. The Labute approximate surface area is 214 Å². The molecule has 1 amide bonds. The Morgan fingerprint density at radius 3 is 2.58 bits per heavy atom. The van der Waals surface area contributed by atoms with E-state index in [1.165, 1.54) is 24.5 Å². The minimum absolute atomic E-state index is 0.0113. The first kappa shape index (κ1) is 24.5. The van der Waals surface area contributed by atoms with E-state index in [9.17, 15) is 9.18 Å². The van der Waals surface area contributed by atoms with E-state index in [0.717, 1.165) is 39.0 Å². The monoisotopic (exact) mass is 510 g/mol. The van der Waals surface area contributed by atoms with Crippen molar-refractivity contribution in [2.75, 3.05) is 43.9 Å². The topological polar surface area (TPSA) is 99.2 Å². The van der Waals surface area contributed by atoms with E-state index >= 15 is 0 Å². The Morgan fingerprint density at radius 2 is 1.81 bits per heavy atom. The number of hydrogen-bond acceptors (Lipinski definition) is 8. The van der Waals surface area contributed by atoms with Gasteiger partial charge < -0.3 is 15.5 Å². The molecule has 0 atom stereocenters. The number of likely N-dealkylation sites (N-methyl/N-ethyl adjacent to an activating group) is 1. The van der Waals surface area contributed by atoms with Gasteiger partial charge in [-0.2, -0.15) is 10.2 Å². The second-order valence-corrected chi connectivity index (χ2v) is 9.85. The highest BCUT2D eigenvalue weighted by Gasteiger charge is 2.38. The van der Waals surface area contributed by atoms with E-state index in [1.54, 1.807) is 19.1 Å². The standard InChI is InChI=1S/C25H28ClFN8O/c1-15-21(12-22(33-32-15)19-11-17(26)3-4-20(19)27)30-23-13-24(29-14-28-23)31-25(36)16-9-18(10-16)35-7-5-34(2)6-8-35/h3-4,11-14,16,18H,5-10H2,1-2H3,(H2,28,29,30,31,33,36). The van der Waals surface area contributed by atoms with Crippen LogP contribution in [0, 0.1) is 18.7 Å². The van der Waals surface area contributed by atoms with Gasteiger partial charge in [-0.15, -0.1) is 0 Å². The molecule has 0 bridgehead atoms. The van der Waals surface area contributed by atoms with Crippen LogP contribution in [0.3, 0.4) is 0 Å². The molecule has 0 radical (unpaired) electrons. The number of nitrogens with zero attached hydrogens (tertiary/aromatic N) is 6. The van der Waals surface area contributed by atoms with Crippen LogP contribution >= 0.6 is 11.6 Å². The Kier molecular flexibility index (Phi) is 7.08. The summed E-state index contributed by atoms with van der Waals surface area (Å²) in [4.78, 5) is 26.0. The lowest BCUT2D eigenvalue weighted by Gasteiger charge is -2.45. The number of aryl methyl sites for hydroxylation is 1. The Bertz CT molecular complexity index is 1260. The van der Waals surface area contributed by atoms with Crippen molar-refractivity contribution in [2.24, 2.45) is 5.92 Å². The largest absolute Gasteiger partial charge is 0.338 e. The summed E-state index contributed by atoms with van der Waals surface area (Å²) in [5, 5.41) is 14.7. The number of amides is 1. The number of halogens is 2. The lowest BCUT2D eigenvalue weighted by atomic mass is 9.78. The summed E-state index contributed by atoms with van der Waals surface area (Å²) < 4.78 is 14.3. The zero-order chi connectivity index (χ0) is 25.2. The van der Waals surface area contributed by atoms with Crippen LogP contribution < -0.4 is 10.6 Å². The van der Waals surface area contributed by atoms with Crippen molar-refractivity contribution in [2.45, 2.75) is 25.8 Å². The fourth-order valence-electron chi connectivity index (χ4n) is 4.55. The van der Waals surface area contributed by atoms with Crippen LogP contribution in [-0.2, 0) is 4.79 Å². The number of anilines is 3. The first-order valence-electron chi connectivity index (χ1n) is 12.0. The van der Waals surface area contributed by atoms with Gasteiger partial charge in [0.2, 0.25) is 5.91 Å². The van der Waals surface area contributed by atoms with E-state index in [-0.39, 0.29) is 17.4 Å². The summed E-state index contributed by atoms with van der Waals surface area (Å²) in [7, 11) is 2.14. The number of rotatable bonds is 6. The third kappa shape index (κ3) is 5.45. The minimum atomic E-state index is -0.443. The molecule has 1 aliphatic heterocycles. The summed E-state index contributed by atoms with van der Waals surface area (Å²) in [6.45, 7) is 6.06. The minimum Gasteiger partial charge on any atom is -0.338 e. The summed E-state index contributed by atoms with van der Waals surface area (Å²) >= 11 is 6.03. The first-order valence-corrected chi connectivity index (χ1v) is 12.4. The molecule has 2 N–H and O–H groups in total. The van der Waals surface area contributed by atoms with Gasteiger partial charge >= 0.3 is 0 Å². The molecule has 1 aromatic carbocycles. The number of piperazine rings is 1. The Balaban J connectivity index is 1.22. The van der Waals surface area contributed by atoms with Gasteiger partial charge in [-0.05, 0) is 51.1 Å². The van der Waals surface area contributed by atoms with Crippen molar-refractivity contribution >= 4 is 34.8 Å². The van der Waals surface area contributed by atoms with Crippen molar-refractivity contribution in [3.05, 3.63) is 53.2 Å². The van der Waals surface area contributed by atoms with Crippen molar-refractivity contribution in [1.82, 2.24) is 30.0 Å². The zero-order valence-electron chi connectivity index (χ0n) is 20.2. The average molecular weight is 511 g/mol. The van der Waals surface area contributed by atoms with E-state index in [1.807, 2.05) is 0 Å². The summed E-state index contributed by atoms with van der Waals surface area (Å²) in [5.41, 5.74) is 1.80. The normalized spacial score (nSPS) is 20.6. The van der Waals surface area contributed by atoms with Crippen molar-refractivity contribution in [1.29, 1.82) is 0 Å². The van der Waals surface area contributed by atoms with E-state index in [4.69, 9.17) is 11.6 Å². The van der Waals surface area contributed by atoms with Gasteiger partial charge in [0, 0.05) is 54.8 Å². The molecular formula is C25H28ClFN8O. The number of carbonyl (C=O) groups excluding carboxylic acids is 1. The Hall–Kier alpha value is -3.21. The zero-order valence-corrected chi connectivity index (χ0v) is 21.0. The maximum atomic E-state index is 14.3. The number of hydrogen-bond donors (Lipinski definition) is 2. The van der Waals surface area contributed by atoms with Crippen LogP contribution in [0.5, 0.6) is 0 Å². The van der Waals surface area contributed by atoms with Crippen molar-refractivity contribution in [3.8, 4) is 11.3 Å². The summed E-state index contributed by atoms with van der Waals surface area (Å²) in [5.74, 6) is 0.411. The number of nitrogens with one attached hydrogen (secondary N) is 2. The third-order valence-corrected chi connectivity index (χ3v) is 7.14. The predicted octanol–water partition coefficient (Wildman–Crippen LogP) is 3.74. The number of benzene rings is 1. The van der Waals surface area contributed by atoms with E-state index in [2.05, 4.69) is 47.6 Å². The molecule has 188 valence electrons. The van der Waals surface area contributed by atoms with Crippen LogP contribution in [0.15, 0.2) is 36.7 Å². The third-order valence-electron chi connectivity index (χ3n) is 6.90. The van der Waals surface area contributed by atoms with Crippen LogP contribution in [0.4, 0.5) is 21.7 Å². The van der Waals surface area contributed by atoms with Crippen molar-refractivity contribution in [3.63, 3.8) is 0 Å². The van der Waals surface area contributed by atoms with Gasteiger partial charge in [0.1, 0.15) is 23.8 Å². The molecule has 1 aliphatic carbocycles. The molecule has 1 saturated heterocycles. The second kappa shape index (κ2) is 10.4. The highest BCUT2D eigenvalue weighted by molar-refractivity contribution is 6.30. The van der Waals surface area contributed by atoms with Crippen LogP contribution in [0.1, 0.15) is 18.5 Å². The molecule has 2 aromatic heterocycles. The number of aromatic nitrogens is 4. The smallest absolute Gasteiger partial charge is 0.228 e. The molecule has 5 rings (SSSR count). The highest BCUT2D eigenvalue weighted by atomic mass is 35.5. The maximum Gasteiger partial charge on any atom is 0.228 e. The maximum absolute atomic E-state index is 14.3. The highest BCUT2D eigenvalue weighted by Crippen LogP contribution is 2.33. The molecule has 3 heterocycles. The van der Waals surface area contributed by atoms with E-state index < -0.39 is 5.82 Å². The number of carbonyl (C=O) groups is 1. The van der Waals surface area contributed by atoms with Gasteiger partial charge in [0.15, 0.2) is 0 Å². The molecule has 1 saturated carbocycles. The molecule has 11 heteroatoms. The fourth-order valence-corrected chi connectivity index (χ4v) is 4.72. The van der Waals surface area contributed by atoms with Crippen molar-refractivity contribution < 1.29 is 9.18 Å². The predicted molar refractivity (Wildman–Crippen MR) is 137 cm³/mol. The van der Waals surface area contributed by atoms with Gasteiger partial charge in [-0.3, -0.25) is 9.69 Å². The second-order valence-electron chi connectivity index (χ2n) is 9.42. The molecule has 0 spiro atoms. The van der Waals surface area contributed by atoms with Crippen LogP contribution in [0.2, 0.25) is 5.02 Å². The lowest BCUT2D eigenvalue weighted by molar-refractivity contribution is -0.124. The SMILES string of the molecule is Cc1nnc(-c2cc(Cl)ccc2F)cc1Nc1cc(NC(=O)C2CC(N3CCN(C)CC3)C2)ncn1. The van der Waals surface area contributed by atoms with Gasteiger partial charge in [0.05, 0.1) is 17.1 Å². The van der Waals surface area contributed by atoms with Gasteiger partial charge in [-0.1, -0.05) is 11.6 Å². The molecule has 9 nitrogen and oxygen atoms in total. The quantitative estimate of drug-likeness (QED) is 0.517. The molecule has 3 aromatic rings. The van der Waals surface area contributed by atoms with Gasteiger partial charge in [0.25, 0.3) is 0 Å². The first-order chi connectivity index (χ1) is 17.4. The van der Waals surface area contributed by atoms with Gasteiger partial charge in [-0.25, -0.2) is 14.4 Å². The average Bonchev–Trinajstić information content (AvgIpc) is 2.83. The fraction of sp³-hybridized carbons (Fsp3) is 0.400. The summed E-state index contributed by atoms with van der Waals surface area (Å²) in [6, 6.07) is 8.11. The Morgan fingerprint density at radius 1 is 1.06 bits per heavy atom.